The number of ether oxygens (including phenoxy) is 5. The van der Waals surface area contributed by atoms with Crippen LogP contribution in [-0.2, 0) is 33.3 Å². The summed E-state index contributed by atoms with van der Waals surface area (Å²) >= 11 is -1.31. The Bertz CT molecular complexity index is 2790. The summed E-state index contributed by atoms with van der Waals surface area (Å²) in [4.78, 5) is 73.6. The van der Waals surface area contributed by atoms with Gasteiger partial charge in [0.25, 0.3) is 5.91 Å². The Kier molecular flexibility index (Phi) is 13.2. The predicted molar refractivity (Wildman–Crippen MR) is 254 cm³/mol. The number of nitrogens with zero attached hydrogens (tertiary/aromatic N) is 4. The molecule has 17 heteroatoms. The fourth-order valence-corrected chi connectivity index (χ4v) is 12.7. The Labute approximate surface area is 400 Å². The standard InChI is InChI=1S/C51H54AsN7O9/c1-64-49(62)52-43(33-18-21-66-22-19-33)47(60)58-20-6-9-41(58)45-53-29-40(56-45)38-17-16-36-25-35(14-15-37(36)26-38)31-10-12-32(13-11-31)39-28-54-46(55-39)42-27-51(67-23-24-68-51)30-59(42)48(61)44(57-50(63)65-2)34-7-4-3-5-8-34/h3-5,7-8,10-17,25-26,28-29,33,41-44,52H,6,9,18-24,27,30H2,1-2H3,(H,53,56)(H,54,55)(H,57,63). The molecule has 3 amide bonds. The number of methoxy groups -OCH3 is 2. The molecular formula is C51H54AsN7O9. The van der Waals surface area contributed by atoms with E-state index in [1.807, 2.05) is 29.3 Å². The number of rotatable bonds is 12. The molecule has 4 aromatic carbocycles. The normalized spacial score (nSPS) is 20.3. The molecule has 68 heavy (non-hydrogen) atoms. The van der Waals surface area contributed by atoms with Crippen molar-refractivity contribution in [1.29, 1.82) is 0 Å². The number of likely N-dealkylation sites (tertiary alicyclic amines) is 2. The zero-order valence-electron chi connectivity index (χ0n) is 37.9. The van der Waals surface area contributed by atoms with Gasteiger partial charge in [-0.1, -0.05) is 54.6 Å². The van der Waals surface area contributed by atoms with Gasteiger partial charge >= 0.3 is 206 Å². The molecule has 1 spiro atoms. The monoisotopic (exact) mass is 983 g/mol. The SMILES string of the molecule is COC(=O)NC(C(=O)N1CC2(CC1c1ncc(-c3ccc(-c4ccc5cc(-c6cnc(C7CCCN7C(=O)C([AsH]C(=O)OC)C7CCOCC7)[nH]6)ccc5c4)cc3)[nH]1)OCCO2)c1ccccc1. The number of nitrogens with one attached hydrogen (secondary N) is 3. The maximum atomic E-state index is 14.4. The molecule has 5 atom stereocenters. The Morgan fingerprint density at radius 3 is 2.04 bits per heavy atom. The molecule has 0 aliphatic carbocycles. The van der Waals surface area contributed by atoms with E-state index in [9.17, 15) is 19.2 Å². The number of H-pyrrole nitrogens is 2. The first-order valence-corrected chi connectivity index (χ1v) is 25.4. The van der Waals surface area contributed by atoms with E-state index >= 15 is 0 Å². The second-order valence-corrected chi connectivity index (χ2v) is 20.5. The second kappa shape index (κ2) is 19.7. The van der Waals surface area contributed by atoms with Gasteiger partial charge in [0, 0.05) is 6.42 Å². The molecule has 2 aromatic heterocycles. The summed E-state index contributed by atoms with van der Waals surface area (Å²) in [7, 11) is 2.67. The van der Waals surface area contributed by atoms with Crippen molar-refractivity contribution in [2.45, 2.75) is 60.7 Å². The van der Waals surface area contributed by atoms with Gasteiger partial charge in [0.2, 0.25) is 0 Å². The number of hydrogen-bond donors (Lipinski definition) is 3. The van der Waals surface area contributed by atoms with Crippen molar-refractivity contribution < 1.29 is 42.9 Å². The Balaban J connectivity index is 0.831. The molecular weight excluding hydrogens is 930 g/mol. The third kappa shape index (κ3) is 9.30. The molecule has 4 aliphatic heterocycles. The van der Waals surface area contributed by atoms with E-state index in [2.05, 4.69) is 75.9 Å². The molecule has 0 saturated carbocycles. The fourth-order valence-electron chi connectivity index (χ4n) is 10.1. The first-order valence-electron chi connectivity index (χ1n) is 23.1. The van der Waals surface area contributed by atoms with Crippen LogP contribution in [0, 0.1) is 5.92 Å². The number of carbonyl (C=O) groups is 4. The smallest absolute Gasteiger partial charge is 0.346 e. The molecule has 3 N–H and O–H groups in total. The van der Waals surface area contributed by atoms with Gasteiger partial charge in [-0.05, 0) is 22.3 Å². The number of aromatic nitrogens is 4. The molecule has 6 heterocycles. The van der Waals surface area contributed by atoms with Gasteiger partial charge < -0.3 is 29.4 Å². The number of carbonyl (C=O) groups excluding carboxylic acids is 4. The summed E-state index contributed by atoms with van der Waals surface area (Å²) in [6.07, 6.45) is 6.52. The van der Waals surface area contributed by atoms with Crippen LogP contribution in [0.15, 0.2) is 103 Å². The van der Waals surface area contributed by atoms with Gasteiger partial charge in [0.15, 0.2) is 5.79 Å². The molecule has 5 unspecified atom stereocenters. The molecule has 4 fully saturated rings. The number of imidazole rings is 2. The Hall–Kier alpha value is -6.32. The van der Waals surface area contributed by atoms with Crippen molar-refractivity contribution in [1.82, 2.24) is 35.1 Å². The van der Waals surface area contributed by atoms with Crippen LogP contribution >= 0.6 is 0 Å². The van der Waals surface area contributed by atoms with E-state index < -0.39 is 39.7 Å². The minimum absolute atomic E-state index is 0.0460. The number of alkyl carbamates (subject to hydrolysis) is 1. The van der Waals surface area contributed by atoms with Gasteiger partial charge in [-0.3, -0.25) is 4.79 Å². The van der Waals surface area contributed by atoms with Crippen LogP contribution in [0.1, 0.15) is 67.4 Å². The van der Waals surface area contributed by atoms with Gasteiger partial charge in [0.1, 0.15) is 11.9 Å². The van der Waals surface area contributed by atoms with Crippen molar-refractivity contribution in [3.8, 4) is 33.6 Å². The molecule has 352 valence electrons. The van der Waals surface area contributed by atoms with E-state index in [0.29, 0.717) is 50.8 Å². The van der Waals surface area contributed by atoms with E-state index in [4.69, 9.17) is 33.7 Å². The molecule has 10 rings (SSSR count). The van der Waals surface area contributed by atoms with Crippen LogP contribution in [-0.4, -0.2) is 128 Å². The number of benzene rings is 4. The van der Waals surface area contributed by atoms with Crippen LogP contribution in [0.4, 0.5) is 9.59 Å². The summed E-state index contributed by atoms with van der Waals surface area (Å²) < 4.78 is 27.1. The number of fused-ring (bicyclic) bond motifs is 1. The Morgan fingerprint density at radius 1 is 0.721 bits per heavy atom. The van der Waals surface area contributed by atoms with Crippen molar-refractivity contribution in [3.63, 3.8) is 0 Å². The van der Waals surface area contributed by atoms with Crippen molar-refractivity contribution >= 4 is 49.2 Å². The van der Waals surface area contributed by atoms with Crippen LogP contribution < -0.4 is 5.32 Å². The number of amides is 3. The average Bonchev–Trinajstić information content (AvgIpc) is 4.26. The molecule has 4 saturated heterocycles. The van der Waals surface area contributed by atoms with Crippen molar-refractivity contribution in [3.05, 3.63) is 121 Å². The van der Waals surface area contributed by atoms with Crippen LogP contribution in [0.5, 0.6) is 0 Å². The second-order valence-electron chi connectivity index (χ2n) is 17.7. The van der Waals surface area contributed by atoms with E-state index in [1.54, 1.807) is 23.2 Å². The summed E-state index contributed by atoms with van der Waals surface area (Å²) in [5, 5.41) is 4.89. The number of hydrogen-bond acceptors (Lipinski definition) is 11. The summed E-state index contributed by atoms with van der Waals surface area (Å²) in [6, 6.07) is 28.4. The van der Waals surface area contributed by atoms with E-state index in [-0.39, 0.29) is 39.8 Å². The average molecular weight is 984 g/mol. The molecule has 0 radical (unpaired) electrons. The summed E-state index contributed by atoms with van der Waals surface area (Å²) in [5.41, 5.74) is 6.34. The Morgan fingerprint density at radius 2 is 1.35 bits per heavy atom. The van der Waals surface area contributed by atoms with Gasteiger partial charge in [0.05, 0.1) is 44.8 Å². The van der Waals surface area contributed by atoms with Crippen LogP contribution in [0.3, 0.4) is 0 Å². The van der Waals surface area contributed by atoms with Crippen molar-refractivity contribution in [2.75, 3.05) is 53.7 Å². The quantitative estimate of drug-likeness (QED) is 0.103. The minimum Gasteiger partial charge on any atom is -0.346 e. The van der Waals surface area contributed by atoms with Crippen LogP contribution in [0.2, 0.25) is 4.71 Å². The zero-order valence-corrected chi connectivity index (χ0v) is 40.0. The van der Waals surface area contributed by atoms with Crippen LogP contribution in [0.25, 0.3) is 44.4 Å². The van der Waals surface area contributed by atoms with E-state index in [0.717, 1.165) is 75.9 Å². The number of aromatic amines is 2. The first kappa shape index (κ1) is 45.5. The van der Waals surface area contributed by atoms with E-state index in [1.165, 1.54) is 14.2 Å². The maximum absolute atomic E-state index is 14.4. The van der Waals surface area contributed by atoms with Gasteiger partial charge in [-0.2, -0.15) is 0 Å². The first-order chi connectivity index (χ1) is 33.2. The minimum atomic E-state index is -1.31. The zero-order chi connectivity index (χ0) is 46.8. The predicted octanol–water partition coefficient (Wildman–Crippen LogP) is 7.48. The van der Waals surface area contributed by atoms with Crippen molar-refractivity contribution in [2.24, 2.45) is 5.92 Å². The van der Waals surface area contributed by atoms with Gasteiger partial charge in [-0.25, -0.2) is 9.78 Å². The molecule has 16 nitrogen and oxygen atoms in total. The van der Waals surface area contributed by atoms with Gasteiger partial charge in [-0.15, -0.1) is 0 Å². The third-order valence-corrected chi connectivity index (χ3v) is 16.8. The summed E-state index contributed by atoms with van der Waals surface area (Å²) in [5.74, 6) is 0.218. The molecule has 0 bridgehead atoms. The topological polar surface area (TPSA) is 190 Å². The molecule has 6 aromatic rings. The fraction of sp³-hybridized carbons (Fsp3) is 0.373. The summed E-state index contributed by atoms with van der Waals surface area (Å²) in [6.45, 7) is 2.88. The molecule has 4 aliphatic rings. The third-order valence-electron chi connectivity index (χ3n) is 13.7.